The summed E-state index contributed by atoms with van der Waals surface area (Å²) in [6, 6.07) is 7.17. The zero-order valence-electron chi connectivity index (χ0n) is 17.6. The second kappa shape index (κ2) is 8.02. The summed E-state index contributed by atoms with van der Waals surface area (Å²) >= 11 is 0. The summed E-state index contributed by atoms with van der Waals surface area (Å²) in [4.78, 5) is 18.0. The van der Waals surface area contributed by atoms with Crippen molar-refractivity contribution in [2.24, 2.45) is 0 Å². The monoisotopic (exact) mass is 411 g/mol. The number of amides is 1. The van der Waals surface area contributed by atoms with E-state index in [0.29, 0.717) is 18.2 Å². The summed E-state index contributed by atoms with van der Waals surface area (Å²) < 4.78 is 15.5. The van der Waals surface area contributed by atoms with Crippen LogP contribution in [0.2, 0.25) is 0 Å². The van der Waals surface area contributed by atoms with Gasteiger partial charge in [-0.15, -0.1) is 0 Å². The Hall–Kier alpha value is -2.41. The number of carbonyl (C=O) groups is 1. The minimum atomic E-state index is -0.247. The number of aromatic nitrogens is 2. The molecular formula is C23H30FN5O. The van der Waals surface area contributed by atoms with Crippen molar-refractivity contribution in [2.75, 3.05) is 31.5 Å². The number of hydrogen-bond acceptors (Lipinski definition) is 4. The molecule has 160 valence electrons. The summed E-state index contributed by atoms with van der Waals surface area (Å²) in [7, 11) is 0. The highest BCUT2D eigenvalue weighted by atomic mass is 19.1. The van der Waals surface area contributed by atoms with Crippen LogP contribution in [0.1, 0.15) is 59.8 Å². The molecule has 1 atom stereocenters. The lowest BCUT2D eigenvalue weighted by atomic mass is 9.99. The van der Waals surface area contributed by atoms with Gasteiger partial charge in [-0.3, -0.25) is 4.79 Å². The van der Waals surface area contributed by atoms with Crippen molar-refractivity contribution in [1.29, 1.82) is 0 Å². The molecule has 1 aromatic carbocycles. The first-order valence-corrected chi connectivity index (χ1v) is 11.2. The lowest BCUT2D eigenvalue weighted by Crippen LogP contribution is -2.48. The smallest absolute Gasteiger partial charge is 0.259 e. The van der Waals surface area contributed by atoms with Gasteiger partial charge < -0.3 is 15.1 Å². The van der Waals surface area contributed by atoms with Crippen LogP contribution in [0, 0.1) is 12.7 Å². The van der Waals surface area contributed by atoms with Crippen molar-refractivity contribution in [3.8, 4) is 0 Å². The minimum absolute atomic E-state index is 0.0678. The van der Waals surface area contributed by atoms with E-state index in [9.17, 15) is 9.18 Å². The molecule has 0 saturated carbocycles. The number of nitrogens with one attached hydrogen (secondary N) is 1. The number of likely N-dealkylation sites (tertiary alicyclic amines) is 2. The van der Waals surface area contributed by atoms with E-state index in [1.165, 1.54) is 38.4 Å². The van der Waals surface area contributed by atoms with Crippen molar-refractivity contribution in [3.05, 3.63) is 46.9 Å². The van der Waals surface area contributed by atoms with Gasteiger partial charge in [-0.2, -0.15) is 5.10 Å². The van der Waals surface area contributed by atoms with Crippen LogP contribution in [0.4, 0.5) is 10.2 Å². The Labute approximate surface area is 177 Å². The van der Waals surface area contributed by atoms with E-state index in [-0.39, 0.29) is 17.8 Å². The summed E-state index contributed by atoms with van der Waals surface area (Å²) in [6.45, 7) is 6.52. The van der Waals surface area contributed by atoms with E-state index < -0.39 is 0 Å². The molecule has 2 saturated heterocycles. The molecule has 1 amide bonds. The average molecular weight is 412 g/mol. The molecule has 0 aliphatic carbocycles. The van der Waals surface area contributed by atoms with E-state index >= 15 is 0 Å². The second-order valence-corrected chi connectivity index (χ2v) is 8.86. The second-order valence-electron chi connectivity index (χ2n) is 8.86. The third kappa shape index (κ3) is 3.60. The molecule has 5 rings (SSSR count). The zero-order valence-corrected chi connectivity index (χ0v) is 17.6. The maximum Gasteiger partial charge on any atom is 0.259 e. The van der Waals surface area contributed by atoms with Crippen molar-refractivity contribution in [3.63, 3.8) is 0 Å². The summed E-state index contributed by atoms with van der Waals surface area (Å²) in [5.74, 6) is 0.589. The predicted molar refractivity (Wildman–Crippen MR) is 114 cm³/mol. The fourth-order valence-corrected chi connectivity index (χ4v) is 5.29. The number of carbonyl (C=O) groups excluding carboxylic acids is 1. The van der Waals surface area contributed by atoms with Crippen LogP contribution in [0.5, 0.6) is 0 Å². The highest BCUT2D eigenvalue weighted by Gasteiger charge is 2.34. The van der Waals surface area contributed by atoms with E-state index in [4.69, 9.17) is 0 Å². The number of anilines is 1. The van der Waals surface area contributed by atoms with E-state index in [2.05, 4.69) is 15.3 Å². The molecule has 0 radical (unpaired) electrons. The Morgan fingerprint density at radius 2 is 1.90 bits per heavy atom. The fourth-order valence-electron chi connectivity index (χ4n) is 5.29. The van der Waals surface area contributed by atoms with E-state index in [1.54, 1.807) is 12.1 Å². The van der Waals surface area contributed by atoms with Gasteiger partial charge in [0.05, 0.1) is 18.3 Å². The van der Waals surface area contributed by atoms with Crippen LogP contribution in [0.25, 0.3) is 0 Å². The summed E-state index contributed by atoms with van der Waals surface area (Å²) in [6.07, 6.45) is 6.06. The first kappa shape index (κ1) is 19.5. The van der Waals surface area contributed by atoms with Crippen LogP contribution < -0.4 is 5.32 Å². The molecule has 0 spiro atoms. The van der Waals surface area contributed by atoms with Crippen LogP contribution in [0.3, 0.4) is 0 Å². The van der Waals surface area contributed by atoms with Gasteiger partial charge in [0, 0.05) is 19.1 Å². The Kier molecular flexibility index (Phi) is 5.23. The number of nitrogens with zero attached hydrogens (tertiary/aromatic N) is 4. The van der Waals surface area contributed by atoms with Crippen LogP contribution in [-0.2, 0) is 6.54 Å². The van der Waals surface area contributed by atoms with Gasteiger partial charge in [0.25, 0.3) is 5.91 Å². The largest absolute Gasteiger partial charge is 0.361 e. The molecule has 4 heterocycles. The van der Waals surface area contributed by atoms with Gasteiger partial charge in [-0.05, 0) is 63.4 Å². The van der Waals surface area contributed by atoms with Gasteiger partial charge in [-0.25, -0.2) is 9.07 Å². The van der Waals surface area contributed by atoms with Gasteiger partial charge in [-0.1, -0.05) is 18.6 Å². The number of halogens is 1. The van der Waals surface area contributed by atoms with Gasteiger partial charge >= 0.3 is 0 Å². The van der Waals surface area contributed by atoms with Crippen molar-refractivity contribution in [1.82, 2.24) is 19.6 Å². The van der Waals surface area contributed by atoms with Crippen LogP contribution in [0.15, 0.2) is 24.3 Å². The zero-order chi connectivity index (χ0) is 20.7. The summed E-state index contributed by atoms with van der Waals surface area (Å²) in [5, 5.41) is 8.02. The molecule has 6 nitrogen and oxygen atoms in total. The van der Waals surface area contributed by atoms with Gasteiger partial charge in [0.2, 0.25) is 0 Å². The third-order valence-corrected chi connectivity index (χ3v) is 6.92. The standard InChI is InChI=1S/C23H30FN5O/c1-16-21(22-25-20(15-29(22)26-16)17-6-5-7-18(24)14-17)23(30)28-12-8-19(9-13-28)27-10-3-2-4-11-27/h5-7,14,19-20,25H,2-4,8-13,15H2,1H3. The van der Waals surface area contributed by atoms with Crippen molar-refractivity contribution >= 4 is 11.7 Å². The molecule has 0 bridgehead atoms. The first-order valence-electron chi connectivity index (χ1n) is 11.2. The normalized spacial score (nSPS) is 22.7. The molecule has 1 aromatic heterocycles. The first-order chi connectivity index (χ1) is 14.6. The van der Waals surface area contributed by atoms with Crippen LogP contribution >= 0.6 is 0 Å². The number of fused-ring (bicyclic) bond motifs is 1. The van der Waals surface area contributed by atoms with Gasteiger partial charge in [0.1, 0.15) is 17.2 Å². The van der Waals surface area contributed by atoms with E-state index in [1.807, 2.05) is 22.6 Å². The molecule has 1 unspecified atom stereocenters. The van der Waals surface area contributed by atoms with E-state index in [0.717, 1.165) is 43.0 Å². The Balaban J connectivity index is 1.28. The summed E-state index contributed by atoms with van der Waals surface area (Å²) in [5.41, 5.74) is 2.31. The number of hydrogen-bond donors (Lipinski definition) is 1. The van der Waals surface area contributed by atoms with Crippen LogP contribution in [-0.4, -0.2) is 57.7 Å². The average Bonchev–Trinajstić information content (AvgIpc) is 3.31. The minimum Gasteiger partial charge on any atom is -0.361 e. The highest BCUT2D eigenvalue weighted by molar-refractivity contribution is 6.00. The SMILES string of the molecule is Cc1nn2c(c1C(=O)N1CCC(N3CCCCC3)CC1)NC(c1cccc(F)c1)C2. The Bertz CT molecular complexity index is 928. The Morgan fingerprint density at radius 3 is 2.63 bits per heavy atom. The lowest BCUT2D eigenvalue weighted by molar-refractivity contribution is 0.0590. The molecule has 3 aliphatic heterocycles. The van der Waals surface area contributed by atoms with Crippen molar-refractivity contribution < 1.29 is 9.18 Å². The maximum absolute atomic E-state index is 13.6. The molecule has 7 heteroatoms. The Morgan fingerprint density at radius 1 is 1.13 bits per heavy atom. The molecule has 30 heavy (non-hydrogen) atoms. The number of benzene rings is 1. The predicted octanol–water partition coefficient (Wildman–Crippen LogP) is 3.59. The molecular weight excluding hydrogens is 381 g/mol. The quantitative estimate of drug-likeness (QED) is 0.839. The molecule has 2 aromatic rings. The highest BCUT2D eigenvalue weighted by Crippen LogP contribution is 2.34. The fraction of sp³-hybridized carbons (Fsp3) is 0.565. The maximum atomic E-state index is 13.6. The van der Waals surface area contributed by atoms with Crippen molar-refractivity contribution in [2.45, 2.75) is 57.7 Å². The number of piperidine rings is 2. The molecule has 3 aliphatic rings. The molecule has 2 fully saturated rings. The third-order valence-electron chi connectivity index (χ3n) is 6.92. The lowest BCUT2D eigenvalue weighted by Gasteiger charge is -2.40. The topological polar surface area (TPSA) is 53.4 Å². The van der Waals surface area contributed by atoms with Gasteiger partial charge in [0.15, 0.2) is 0 Å². The number of aryl methyl sites for hydroxylation is 1. The number of rotatable bonds is 3. The molecule has 1 N–H and O–H groups in total.